The highest BCUT2D eigenvalue weighted by atomic mass is 32.2. The monoisotopic (exact) mass is 262 g/mol. The lowest BCUT2D eigenvalue weighted by molar-refractivity contribution is 0.661. The van der Waals surface area contributed by atoms with Gasteiger partial charge in [-0.3, -0.25) is 4.99 Å². The number of hydrogen-bond donors (Lipinski definition) is 1. The average Bonchev–Trinajstić information content (AvgIpc) is 2.28. The van der Waals surface area contributed by atoms with Gasteiger partial charge in [-0.2, -0.15) is 0 Å². The minimum atomic E-state index is 0.429. The van der Waals surface area contributed by atoms with Crippen molar-refractivity contribution in [2.75, 3.05) is 5.32 Å². The van der Waals surface area contributed by atoms with Gasteiger partial charge in [0.05, 0.1) is 6.04 Å². The second kappa shape index (κ2) is 5.79. The van der Waals surface area contributed by atoms with Crippen molar-refractivity contribution < 1.29 is 0 Å². The Hall–Kier alpha value is -0.960. The Morgan fingerprint density at radius 2 is 1.89 bits per heavy atom. The van der Waals surface area contributed by atoms with Crippen LogP contribution < -0.4 is 5.32 Å². The van der Waals surface area contributed by atoms with E-state index >= 15 is 0 Å². The number of hydrogen-bond acceptors (Lipinski definition) is 3. The van der Waals surface area contributed by atoms with Crippen molar-refractivity contribution in [2.45, 2.75) is 51.3 Å². The molecule has 98 valence electrons. The normalized spacial score (nSPS) is 23.9. The first-order valence-electron chi connectivity index (χ1n) is 6.66. The van der Waals surface area contributed by atoms with E-state index in [4.69, 9.17) is 0 Å². The molecule has 0 aliphatic carbocycles. The fraction of sp³-hybridized carbons (Fsp3) is 0.533. The highest BCUT2D eigenvalue weighted by Crippen LogP contribution is 2.26. The van der Waals surface area contributed by atoms with Crippen LogP contribution in [-0.4, -0.2) is 16.5 Å². The van der Waals surface area contributed by atoms with Crippen molar-refractivity contribution in [3.63, 3.8) is 0 Å². The van der Waals surface area contributed by atoms with Crippen LogP contribution in [0, 0.1) is 0 Å². The summed E-state index contributed by atoms with van der Waals surface area (Å²) in [5, 5.41) is 5.12. The topological polar surface area (TPSA) is 24.4 Å². The van der Waals surface area contributed by atoms with Crippen molar-refractivity contribution in [1.82, 2.24) is 0 Å². The zero-order valence-corrected chi connectivity index (χ0v) is 12.4. The molecule has 2 rings (SSSR count). The molecule has 0 fully saturated rings. The Balaban J connectivity index is 2.05. The summed E-state index contributed by atoms with van der Waals surface area (Å²) in [7, 11) is 0. The van der Waals surface area contributed by atoms with Crippen molar-refractivity contribution in [3.05, 3.63) is 29.8 Å². The predicted octanol–water partition coefficient (Wildman–Crippen LogP) is 4.49. The van der Waals surface area contributed by atoms with Crippen LogP contribution in [0.1, 0.15) is 45.6 Å². The summed E-state index contributed by atoms with van der Waals surface area (Å²) < 4.78 is 0. The molecule has 2 atom stereocenters. The molecule has 0 amide bonds. The molecule has 1 heterocycles. The lowest BCUT2D eigenvalue weighted by Crippen LogP contribution is -2.22. The summed E-state index contributed by atoms with van der Waals surface area (Å²) >= 11 is 1.83. The highest BCUT2D eigenvalue weighted by Gasteiger charge is 2.18. The molecule has 1 aromatic carbocycles. The quantitative estimate of drug-likeness (QED) is 0.849. The van der Waals surface area contributed by atoms with Gasteiger partial charge in [0.2, 0.25) is 0 Å². The number of nitrogens with zero attached hydrogens (tertiary/aromatic N) is 1. The third-order valence-electron chi connectivity index (χ3n) is 3.15. The van der Waals surface area contributed by atoms with Crippen LogP contribution in [0.4, 0.5) is 5.69 Å². The van der Waals surface area contributed by atoms with Crippen LogP contribution in [0.25, 0.3) is 0 Å². The van der Waals surface area contributed by atoms with Gasteiger partial charge in [-0.05, 0) is 37.0 Å². The SMILES string of the molecule is CC1CC(C)SC(Nc2ccc(C(C)C)cc2)=N1. The number of aliphatic imine (C=N–C) groups is 1. The van der Waals surface area contributed by atoms with E-state index in [1.807, 2.05) is 11.8 Å². The molecule has 2 nitrogen and oxygen atoms in total. The largest absolute Gasteiger partial charge is 0.335 e. The molecule has 1 aromatic rings. The van der Waals surface area contributed by atoms with Gasteiger partial charge in [-0.1, -0.05) is 44.7 Å². The van der Waals surface area contributed by atoms with Gasteiger partial charge in [0.1, 0.15) is 0 Å². The van der Waals surface area contributed by atoms with Crippen LogP contribution in [0.5, 0.6) is 0 Å². The summed E-state index contributed by atoms with van der Waals surface area (Å²) in [6.45, 7) is 8.87. The Bertz CT molecular complexity index is 423. The van der Waals surface area contributed by atoms with Crippen molar-refractivity contribution in [3.8, 4) is 0 Å². The molecule has 2 unspecified atom stereocenters. The van der Waals surface area contributed by atoms with E-state index < -0.39 is 0 Å². The van der Waals surface area contributed by atoms with E-state index in [1.54, 1.807) is 0 Å². The standard InChI is InChI=1S/C15H22N2S/c1-10(2)13-5-7-14(8-6-13)17-15-16-11(3)9-12(4)18-15/h5-8,10-12H,9H2,1-4H3,(H,16,17). The Morgan fingerprint density at radius 3 is 2.44 bits per heavy atom. The first kappa shape index (κ1) is 13.5. The van der Waals surface area contributed by atoms with Crippen LogP contribution >= 0.6 is 11.8 Å². The molecule has 0 bridgehead atoms. The number of rotatable bonds is 2. The summed E-state index contributed by atoms with van der Waals surface area (Å²) in [6, 6.07) is 9.09. The van der Waals surface area contributed by atoms with Crippen molar-refractivity contribution >= 4 is 22.6 Å². The molecule has 0 saturated carbocycles. The Morgan fingerprint density at radius 1 is 1.22 bits per heavy atom. The second-order valence-corrected chi connectivity index (χ2v) is 6.78. The van der Waals surface area contributed by atoms with Gasteiger partial charge in [0.15, 0.2) is 5.17 Å². The molecule has 18 heavy (non-hydrogen) atoms. The molecular formula is C15H22N2S. The van der Waals surface area contributed by atoms with Crippen molar-refractivity contribution in [1.29, 1.82) is 0 Å². The minimum absolute atomic E-state index is 0.429. The van der Waals surface area contributed by atoms with Gasteiger partial charge in [0.25, 0.3) is 0 Å². The van der Waals surface area contributed by atoms with Gasteiger partial charge < -0.3 is 5.32 Å². The Kier molecular flexibility index (Phi) is 4.33. The average molecular weight is 262 g/mol. The molecule has 0 saturated heterocycles. The first-order valence-corrected chi connectivity index (χ1v) is 7.54. The number of nitrogens with one attached hydrogen (secondary N) is 1. The summed E-state index contributed by atoms with van der Waals surface area (Å²) in [5.41, 5.74) is 2.51. The maximum Gasteiger partial charge on any atom is 0.161 e. The van der Waals surface area contributed by atoms with Crippen LogP contribution in [0.15, 0.2) is 29.3 Å². The van der Waals surface area contributed by atoms with Gasteiger partial charge in [-0.15, -0.1) is 0 Å². The highest BCUT2D eigenvalue weighted by molar-refractivity contribution is 8.14. The van der Waals surface area contributed by atoms with E-state index in [9.17, 15) is 0 Å². The fourth-order valence-corrected chi connectivity index (χ4v) is 3.31. The number of thioether (sulfide) groups is 1. The third kappa shape index (κ3) is 3.52. The van der Waals surface area contributed by atoms with Crippen molar-refractivity contribution in [2.24, 2.45) is 4.99 Å². The number of anilines is 1. The van der Waals surface area contributed by atoms with Gasteiger partial charge in [0, 0.05) is 10.9 Å². The van der Waals surface area contributed by atoms with Gasteiger partial charge >= 0.3 is 0 Å². The fourth-order valence-electron chi connectivity index (χ4n) is 2.14. The van der Waals surface area contributed by atoms with Gasteiger partial charge in [-0.25, -0.2) is 0 Å². The second-order valence-electron chi connectivity index (χ2n) is 5.35. The molecular weight excluding hydrogens is 240 g/mol. The predicted molar refractivity (Wildman–Crippen MR) is 82.7 cm³/mol. The zero-order valence-electron chi connectivity index (χ0n) is 11.6. The zero-order chi connectivity index (χ0) is 13.1. The van der Waals surface area contributed by atoms with Crippen LogP contribution in [0.3, 0.4) is 0 Å². The first-order chi connectivity index (χ1) is 8.54. The lowest BCUT2D eigenvalue weighted by atomic mass is 10.0. The Labute approximate surface area is 114 Å². The number of amidine groups is 1. The maximum absolute atomic E-state index is 4.65. The minimum Gasteiger partial charge on any atom is -0.335 e. The summed E-state index contributed by atoms with van der Waals surface area (Å²) in [5.74, 6) is 0.584. The third-order valence-corrected chi connectivity index (χ3v) is 4.18. The summed E-state index contributed by atoms with van der Waals surface area (Å²) in [6.07, 6.45) is 1.17. The van der Waals surface area contributed by atoms with E-state index in [-0.39, 0.29) is 0 Å². The smallest absolute Gasteiger partial charge is 0.161 e. The van der Waals surface area contributed by atoms with Crippen LogP contribution in [-0.2, 0) is 0 Å². The molecule has 0 spiro atoms. The lowest BCUT2D eigenvalue weighted by Gasteiger charge is -2.23. The van der Waals surface area contributed by atoms with E-state index in [1.165, 1.54) is 12.0 Å². The molecule has 1 N–H and O–H groups in total. The molecule has 1 aliphatic rings. The maximum atomic E-state index is 4.65. The van der Waals surface area contributed by atoms with E-state index in [2.05, 4.69) is 62.3 Å². The van der Waals surface area contributed by atoms with Crippen LogP contribution in [0.2, 0.25) is 0 Å². The molecule has 0 radical (unpaired) electrons. The number of benzene rings is 1. The molecule has 0 aromatic heterocycles. The van der Waals surface area contributed by atoms with E-state index in [0.717, 1.165) is 10.9 Å². The molecule has 1 aliphatic heterocycles. The molecule has 3 heteroatoms. The van der Waals surface area contributed by atoms with E-state index in [0.29, 0.717) is 17.2 Å². The summed E-state index contributed by atoms with van der Waals surface area (Å²) in [4.78, 5) is 4.65.